The molecule has 6 heteroatoms. The molecule has 110 valence electrons. The lowest BCUT2D eigenvalue weighted by molar-refractivity contribution is -0.132. The molecule has 0 amide bonds. The first kappa shape index (κ1) is 16.3. The first-order valence-electron chi connectivity index (χ1n) is 6.08. The van der Waals surface area contributed by atoms with Crippen LogP contribution in [0.3, 0.4) is 0 Å². The number of hydrogen-bond donors (Lipinski definition) is 5. The summed E-state index contributed by atoms with van der Waals surface area (Å²) in [6, 6.07) is 8.79. The largest absolute Gasteiger partial charge is 0.478 e. The van der Waals surface area contributed by atoms with Gasteiger partial charge >= 0.3 is 5.97 Å². The summed E-state index contributed by atoms with van der Waals surface area (Å²) in [5, 5.41) is 46.1. The average molecular weight is 282 g/mol. The number of carboxylic acids is 1. The van der Waals surface area contributed by atoms with E-state index in [0.717, 1.165) is 11.6 Å². The Kier molecular flexibility index (Phi) is 6.33. The highest BCUT2D eigenvalue weighted by Gasteiger charge is 2.24. The number of aliphatic carboxylic acids is 1. The van der Waals surface area contributed by atoms with Crippen LogP contribution >= 0.6 is 0 Å². The van der Waals surface area contributed by atoms with E-state index in [1.807, 2.05) is 0 Å². The quantitative estimate of drug-likeness (QED) is 0.423. The first-order valence-corrected chi connectivity index (χ1v) is 6.08. The molecule has 0 aliphatic rings. The van der Waals surface area contributed by atoms with Gasteiger partial charge in [-0.15, -0.1) is 0 Å². The zero-order chi connectivity index (χ0) is 15.1. The number of benzene rings is 1. The van der Waals surface area contributed by atoms with Gasteiger partial charge in [0.1, 0.15) is 18.3 Å². The minimum atomic E-state index is -1.65. The number of rotatable bonds is 7. The Bertz CT molecular complexity index is 456. The minimum Gasteiger partial charge on any atom is -0.478 e. The van der Waals surface area contributed by atoms with Crippen molar-refractivity contribution in [2.75, 3.05) is 6.61 Å². The smallest absolute Gasteiger partial charge is 0.331 e. The number of aliphatic hydroxyl groups excluding tert-OH is 4. The second-order valence-corrected chi connectivity index (χ2v) is 4.39. The van der Waals surface area contributed by atoms with E-state index in [9.17, 15) is 20.1 Å². The SMILES string of the molecule is O=C(O)/C(=C/[C@H](O)[C@H](O)[C@H](O)CO)Cc1ccccc1. The van der Waals surface area contributed by atoms with E-state index in [-0.39, 0.29) is 12.0 Å². The predicted molar refractivity (Wildman–Crippen MR) is 71.0 cm³/mol. The molecule has 1 aromatic carbocycles. The van der Waals surface area contributed by atoms with Crippen LogP contribution in [0.1, 0.15) is 5.56 Å². The lowest BCUT2D eigenvalue weighted by Gasteiger charge is -2.19. The number of aliphatic hydroxyl groups is 4. The normalized spacial score (nSPS) is 16.5. The fourth-order valence-corrected chi connectivity index (χ4v) is 1.66. The molecule has 20 heavy (non-hydrogen) atoms. The highest BCUT2D eigenvalue weighted by molar-refractivity contribution is 5.87. The van der Waals surface area contributed by atoms with Gasteiger partial charge in [-0.1, -0.05) is 30.3 Å². The molecule has 1 aromatic rings. The summed E-state index contributed by atoms with van der Waals surface area (Å²) >= 11 is 0. The van der Waals surface area contributed by atoms with Crippen LogP contribution < -0.4 is 0 Å². The van der Waals surface area contributed by atoms with Gasteiger partial charge in [0.15, 0.2) is 0 Å². The molecule has 1 rings (SSSR count). The van der Waals surface area contributed by atoms with Crippen molar-refractivity contribution < 1.29 is 30.3 Å². The van der Waals surface area contributed by atoms with E-state index in [2.05, 4.69) is 0 Å². The van der Waals surface area contributed by atoms with Crippen LogP contribution in [0, 0.1) is 0 Å². The average Bonchev–Trinajstić information content (AvgIpc) is 2.45. The van der Waals surface area contributed by atoms with Gasteiger partial charge in [0.25, 0.3) is 0 Å². The van der Waals surface area contributed by atoms with Gasteiger partial charge in [0.2, 0.25) is 0 Å². The Morgan fingerprint density at radius 3 is 2.25 bits per heavy atom. The molecule has 6 nitrogen and oxygen atoms in total. The van der Waals surface area contributed by atoms with E-state index in [0.29, 0.717) is 0 Å². The van der Waals surface area contributed by atoms with Crippen molar-refractivity contribution >= 4 is 5.97 Å². The van der Waals surface area contributed by atoms with Gasteiger partial charge < -0.3 is 25.5 Å². The van der Waals surface area contributed by atoms with Crippen molar-refractivity contribution in [1.29, 1.82) is 0 Å². The molecule has 0 saturated heterocycles. The van der Waals surface area contributed by atoms with Crippen molar-refractivity contribution in [2.45, 2.75) is 24.7 Å². The van der Waals surface area contributed by atoms with Crippen LogP contribution in [-0.2, 0) is 11.2 Å². The summed E-state index contributed by atoms with van der Waals surface area (Å²) in [7, 11) is 0. The predicted octanol–water partition coefficient (Wildman–Crippen LogP) is -0.685. The Morgan fingerprint density at radius 2 is 1.75 bits per heavy atom. The standard InChI is InChI=1S/C14H18O6/c15-8-12(17)13(18)11(16)7-10(14(19)20)6-9-4-2-1-3-5-9/h1-5,7,11-13,15-18H,6,8H2,(H,19,20)/b10-7+/t11-,12+,13-/m0/s1. The second-order valence-electron chi connectivity index (χ2n) is 4.39. The van der Waals surface area contributed by atoms with Crippen LogP contribution in [0.2, 0.25) is 0 Å². The maximum atomic E-state index is 11.1. The van der Waals surface area contributed by atoms with Crippen LogP contribution in [0.15, 0.2) is 42.0 Å². The summed E-state index contributed by atoms with van der Waals surface area (Å²) in [6.07, 6.45) is -3.71. The molecule has 3 atom stereocenters. The Hall–Kier alpha value is -1.73. The van der Waals surface area contributed by atoms with Crippen molar-refractivity contribution in [3.05, 3.63) is 47.5 Å². The van der Waals surface area contributed by atoms with Crippen molar-refractivity contribution in [3.8, 4) is 0 Å². The molecule has 0 radical (unpaired) electrons. The molecule has 0 aliphatic carbocycles. The van der Waals surface area contributed by atoms with Gasteiger partial charge in [-0.3, -0.25) is 0 Å². The van der Waals surface area contributed by atoms with Crippen LogP contribution in [0.25, 0.3) is 0 Å². The molecule has 0 heterocycles. The monoisotopic (exact) mass is 282 g/mol. The summed E-state index contributed by atoms with van der Waals surface area (Å²) in [4.78, 5) is 11.1. The molecule has 0 fully saturated rings. The third-order valence-corrected chi connectivity index (χ3v) is 2.82. The third kappa shape index (κ3) is 4.75. The second kappa shape index (κ2) is 7.76. The van der Waals surface area contributed by atoms with Crippen LogP contribution in [0.5, 0.6) is 0 Å². The molecule has 0 bridgehead atoms. The number of carbonyl (C=O) groups is 1. The van der Waals surface area contributed by atoms with E-state index in [4.69, 9.17) is 10.2 Å². The van der Waals surface area contributed by atoms with Gasteiger partial charge in [-0.2, -0.15) is 0 Å². The fraction of sp³-hybridized carbons (Fsp3) is 0.357. The van der Waals surface area contributed by atoms with Gasteiger partial charge in [0, 0.05) is 12.0 Å². The van der Waals surface area contributed by atoms with Crippen molar-refractivity contribution in [2.24, 2.45) is 0 Å². The Morgan fingerprint density at radius 1 is 1.15 bits per heavy atom. The summed E-state index contributed by atoms with van der Waals surface area (Å²) in [5.74, 6) is -1.22. The first-order chi connectivity index (χ1) is 9.45. The highest BCUT2D eigenvalue weighted by Crippen LogP contribution is 2.11. The van der Waals surface area contributed by atoms with E-state index >= 15 is 0 Å². The van der Waals surface area contributed by atoms with Crippen molar-refractivity contribution in [1.82, 2.24) is 0 Å². The van der Waals surface area contributed by atoms with Gasteiger partial charge in [-0.25, -0.2) is 4.79 Å². The Balaban J connectivity index is 2.85. The van der Waals surface area contributed by atoms with E-state index < -0.39 is 30.9 Å². The zero-order valence-electron chi connectivity index (χ0n) is 10.8. The topological polar surface area (TPSA) is 118 Å². The molecule has 0 aromatic heterocycles. The Labute approximate surface area is 116 Å². The molecule has 0 unspecified atom stereocenters. The molecular weight excluding hydrogens is 264 g/mol. The molecular formula is C14H18O6. The molecule has 0 saturated carbocycles. The van der Waals surface area contributed by atoms with Crippen molar-refractivity contribution in [3.63, 3.8) is 0 Å². The van der Waals surface area contributed by atoms with Crippen LogP contribution in [-0.4, -0.2) is 56.4 Å². The number of hydrogen-bond acceptors (Lipinski definition) is 5. The highest BCUT2D eigenvalue weighted by atomic mass is 16.4. The fourth-order valence-electron chi connectivity index (χ4n) is 1.66. The summed E-state index contributed by atoms with van der Waals surface area (Å²) in [5.41, 5.74) is 0.637. The molecule has 0 spiro atoms. The third-order valence-electron chi connectivity index (χ3n) is 2.82. The number of carboxylic acid groups (broad SMARTS) is 1. The summed E-state index contributed by atoms with van der Waals surface area (Å²) < 4.78 is 0. The molecule has 0 aliphatic heterocycles. The maximum absolute atomic E-state index is 11.1. The van der Waals surface area contributed by atoms with Crippen LogP contribution in [0.4, 0.5) is 0 Å². The molecule has 5 N–H and O–H groups in total. The van der Waals surface area contributed by atoms with Gasteiger partial charge in [0.05, 0.1) is 6.61 Å². The lowest BCUT2D eigenvalue weighted by Crippen LogP contribution is -2.38. The lowest BCUT2D eigenvalue weighted by atomic mass is 10.0. The minimum absolute atomic E-state index is 0.0785. The van der Waals surface area contributed by atoms with E-state index in [1.54, 1.807) is 30.3 Å². The van der Waals surface area contributed by atoms with Gasteiger partial charge in [-0.05, 0) is 11.6 Å². The van der Waals surface area contributed by atoms with E-state index in [1.165, 1.54) is 0 Å². The maximum Gasteiger partial charge on any atom is 0.331 e. The summed E-state index contributed by atoms with van der Waals surface area (Å²) in [6.45, 7) is -0.729. The zero-order valence-corrected chi connectivity index (χ0v) is 10.8.